The van der Waals surface area contributed by atoms with E-state index in [0.717, 1.165) is 22.8 Å². The first-order valence-electron chi connectivity index (χ1n) is 6.01. The molecule has 1 N–H and O–H groups in total. The lowest BCUT2D eigenvalue weighted by Crippen LogP contribution is -2.15. The van der Waals surface area contributed by atoms with Gasteiger partial charge >= 0.3 is 0 Å². The van der Waals surface area contributed by atoms with Gasteiger partial charge in [0.15, 0.2) is 5.16 Å². The Morgan fingerprint density at radius 2 is 2.33 bits per heavy atom. The molecule has 0 aliphatic heterocycles. The molecule has 1 saturated carbocycles. The summed E-state index contributed by atoms with van der Waals surface area (Å²) in [4.78, 5) is 4.43. The van der Waals surface area contributed by atoms with Crippen molar-refractivity contribution in [3.63, 3.8) is 0 Å². The van der Waals surface area contributed by atoms with E-state index in [9.17, 15) is 0 Å². The molecule has 0 aromatic carbocycles. The zero-order chi connectivity index (χ0) is 12.4. The van der Waals surface area contributed by atoms with Crippen molar-refractivity contribution < 1.29 is 0 Å². The van der Waals surface area contributed by atoms with Gasteiger partial charge in [-0.05, 0) is 36.2 Å². The average molecular weight is 261 g/mol. The van der Waals surface area contributed by atoms with Crippen LogP contribution in [0.2, 0.25) is 0 Å². The lowest BCUT2D eigenvalue weighted by Gasteiger charge is -2.04. The van der Waals surface area contributed by atoms with Crippen LogP contribution in [0, 0.1) is 0 Å². The number of hydrogen-bond donors (Lipinski definition) is 1. The first kappa shape index (κ1) is 11.7. The van der Waals surface area contributed by atoms with Crippen molar-refractivity contribution in [2.45, 2.75) is 35.6 Å². The Morgan fingerprint density at radius 3 is 2.94 bits per heavy atom. The third kappa shape index (κ3) is 2.88. The van der Waals surface area contributed by atoms with E-state index in [-0.39, 0.29) is 0 Å². The summed E-state index contributed by atoms with van der Waals surface area (Å²) in [6.07, 6.45) is 6.24. The number of aromatic nitrogens is 4. The fraction of sp³-hybridized carbons (Fsp3) is 0.417. The van der Waals surface area contributed by atoms with E-state index in [1.54, 1.807) is 6.33 Å². The van der Waals surface area contributed by atoms with Crippen LogP contribution in [0.3, 0.4) is 0 Å². The minimum absolute atomic E-state index is 0.734. The Morgan fingerprint density at radius 1 is 1.44 bits per heavy atom. The lowest BCUT2D eigenvalue weighted by atomic mass is 10.3. The molecule has 2 heterocycles. The smallest absolute Gasteiger partial charge is 0.197 e. The van der Waals surface area contributed by atoms with E-state index in [1.807, 2.05) is 23.9 Å². The molecule has 6 heteroatoms. The molecule has 0 bridgehead atoms. The number of nitrogens with one attached hydrogen (secondary N) is 1. The molecular weight excluding hydrogens is 246 g/mol. The predicted molar refractivity (Wildman–Crippen MR) is 69.2 cm³/mol. The molecule has 3 rings (SSSR count). The monoisotopic (exact) mass is 261 g/mol. The van der Waals surface area contributed by atoms with Gasteiger partial charge in [0.1, 0.15) is 11.4 Å². The normalized spacial score (nSPS) is 14.9. The average Bonchev–Trinajstić information content (AvgIpc) is 3.13. The predicted octanol–water partition coefficient (Wildman–Crippen LogP) is 1.61. The number of nitrogens with zero attached hydrogens (tertiary/aromatic N) is 4. The Bertz CT molecular complexity index is 518. The zero-order valence-electron chi connectivity index (χ0n) is 10.2. The Labute approximate surface area is 110 Å². The molecule has 0 atom stereocenters. The van der Waals surface area contributed by atoms with Crippen molar-refractivity contribution in [2.75, 3.05) is 0 Å². The molecule has 0 amide bonds. The molecule has 18 heavy (non-hydrogen) atoms. The number of pyridine rings is 1. The number of aryl methyl sites for hydroxylation is 1. The fourth-order valence-electron chi connectivity index (χ4n) is 1.58. The van der Waals surface area contributed by atoms with Crippen LogP contribution in [0.25, 0.3) is 0 Å². The van der Waals surface area contributed by atoms with Crippen LogP contribution >= 0.6 is 11.8 Å². The lowest BCUT2D eigenvalue weighted by molar-refractivity contribution is 0.684. The largest absolute Gasteiger partial charge is 0.311 e. The van der Waals surface area contributed by atoms with Crippen molar-refractivity contribution in [3.05, 3.63) is 30.2 Å². The molecule has 0 spiro atoms. The molecule has 0 radical (unpaired) electrons. The van der Waals surface area contributed by atoms with Crippen molar-refractivity contribution in [1.29, 1.82) is 0 Å². The van der Waals surface area contributed by atoms with Gasteiger partial charge in [0.25, 0.3) is 0 Å². The van der Waals surface area contributed by atoms with E-state index in [4.69, 9.17) is 0 Å². The minimum Gasteiger partial charge on any atom is -0.311 e. The van der Waals surface area contributed by atoms with Crippen molar-refractivity contribution in [3.8, 4) is 0 Å². The highest BCUT2D eigenvalue weighted by Gasteiger charge is 2.19. The summed E-state index contributed by atoms with van der Waals surface area (Å²) in [6, 6.07) is 4.88. The second-order valence-corrected chi connectivity index (χ2v) is 5.47. The molecule has 1 aliphatic rings. The molecular formula is C12H15N5S. The van der Waals surface area contributed by atoms with Gasteiger partial charge in [-0.25, -0.2) is 4.98 Å². The second kappa shape index (κ2) is 5.07. The summed E-state index contributed by atoms with van der Waals surface area (Å²) in [6.45, 7) is 0.909. The second-order valence-electron chi connectivity index (χ2n) is 4.49. The van der Waals surface area contributed by atoms with Crippen LogP contribution in [0.4, 0.5) is 0 Å². The Kier molecular flexibility index (Phi) is 3.29. The molecule has 5 nitrogen and oxygen atoms in total. The van der Waals surface area contributed by atoms with Crippen LogP contribution < -0.4 is 5.32 Å². The highest BCUT2D eigenvalue weighted by atomic mass is 32.2. The summed E-state index contributed by atoms with van der Waals surface area (Å²) in [5, 5.41) is 13.1. The molecule has 2 aromatic heterocycles. The van der Waals surface area contributed by atoms with Gasteiger partial charge in [-0.3, -0.25) is 0 Å². The SMILES string of the molecule is Cn1cnnc1Sc1ccc(CNC2CC2)cn1. The van der Waals surface area contributed by atoms with Crippen LogP contribution in [-0.4, -0.2) is 25.8 Å². The number of rotatable bonds is 5. The topological polar surface area (TPSA) is 55.6 Å². The van der Waals surface area contributed by atoms with Crippen LogP contribution in [0.15, 0.2) is 34.8 Å². The minimum atomic E-state index is 0.734. The molecule has 1 aliphatic carbocycles. The summed E-state index contributed by atoms with van der Waals surface area (Å²) in [5.74, 6) is 0. The van der Waals surface area contributed by atoms with Crippen LogP contribution in [-0.2, 0) is 13.6 Å². The van der Waals surface area contributed by atoms with Gasteiger partial charge in [-0.1, -0.05) is 6.07 Å². The molecule has 0 unspecified atom stereocenters. The van der Waals surface area contributed by atoms with Gasteiger partial charge in [0, 0.05) is 25.8 Å². The number of hydrogen-bond acceptors (Lipinski definition) is 5. The van der Waals surface area contributed by atoms with Gasteiger partial charge in [-0.15, -0.1) is 10.2 Å². The maximum atomic E-state index is 4.43. The maximum absolute atomic E-state index is 4.43. The van der Waals surface area contributed by atoms with E-state index in [2.05, 4.69) is 26.6 Å². The van der Waals surface area contributed by atoms with Gasteiger partial charge in [0.2, 0.25) is 0 Å². The fourth-order valence-corrected chi connectivity index (χ4v) is 2.29. The molecule has 2 aromatic rings. The van der Waals surface area contributed by atoms with E-state index in [0.29, 0.717) is 0 Å². The maximum Gasteiger partial charge on any atom is 0.197 e. The van der Waals surface area contributed by atoms with Crippen LogP contribution in [0.5, 0.6) is 0 Å². The van der Waals surface area contributed by atoms with E-state index >= 15 is 0 Å². The van der Waals surface area contributed by atoms with Gasteiger partial charge in [-0.2, -0.15) is 0 Å². The third-order valence-electron chi connectivity index (χ3n) is 2.84. The molecule has 94 valence electrons. The highest BCUT2D eigenvalue weighted by molar-refractivity contribution is 7.99. The summed E-state index contributed by atoms with van der Waals surface area (Å²) in [5.41, 5.74) is 1.23. The first-order valence-corrected chi connectivity index (χ1v) is 6.83. The van der Waals surface area contributed by atoms with E-state index < -0.39 is 0 Å². The Balaban J connectivity index is 1.61. The molecule has 0 saturated heterocycles. The molecule has 1 fully saturated rings. The van der Waals surface area contributed by atoms with Gasteiger partial charge in [0.05, 0.1) is 0 Å². The quantitative estimate of drug-likeness (QED) is 0.886. The van der Waals surface area contributed by atoms with Crippen molar-refractivity contribution in [2.24, 2.45) is 7.05 Å². The standard InChI is InChI=1S/C12H15N5S/c1-17-8-15-16-12(17)18-11-5-2-9(7-14-11)6-13-10-3-4-10/h2,5,7-8,10,13H,3-4,6H2,1H3. The first-order chi connectivity index (χ1) is 8.81. The highest BCUT2D eigenvalue weighted by Crippen LogP contribution is 2.23. The van der Waals surface area contributed by atoms with E-state index in [1.165, 1.54) is 30.2 Å². The van der Waals surface area contributed by atoms with Crippen molar-refractivity contribution in [1.82, 2.24) is 25.1 Å². The summed E-state index contributed by atoms with van der Waals surface area (Å²) >= 11 is 1.52. The zero-order valence-corrected chi connectivity index (χ0v) is 11.0. The summed E-state index contributed by atoms with van der Waals surface area (Å²) < 4.78 is 1.88. The third-order valence-corrected chi connectivity index (χ3v) is 3.84. The van der Waals surface area contributed by atoms with Crippen molar-refractivity contribution >= 4 is 11.8 Å². The van der Waals surface area contributed by atoms with Crippen LogP contribution in [0.1, 0.15) is 18.4 Å². The van der Waals surface area contributed by atoms with Gasteiger partial charge < -0.3 is 9.88 Å². The summed E-state index contributed by atoms with van der Waals surface area (Å²) in [7, 11) is 1.93. The Hall–Kier alpha value is -1.40.